The molecule has 2 amide bonds. The SMILES string of the molecule is O=C(NC1CCN2CCCCC12)N1CCCCCC1. The van der Waals surface area contributed by atoms with Gasteiger partial charge >= 0.3 is 6.03 Å². The van der Waals surface area contributed by atoms with Crippen molar-refractivity contribution >= 4 is 6.03 Å². The highest BCUT2D eigenvalue weighted by Crippen LogP contribution is 2.27. The Kier molecular flexibility index (Phi) is 4.26. The molecule has 0 spiro atoms. The topological polar surface area (TPSA) is 35.6 Å². The lowest BCUT2D eigenvalue weighted by Gasteiger charge is -2.33. The van der Waals surface area contributed by atoms with E-state index in [0.717, 1.165) is 19.5 Å². The monoisotopic (exact) mass is 265 g/mol. The van der Waals surface area contributed by atoms with E-state index in [1.165, 1.54) is 58.0 Å². The predicted octanol–water partition coefficient (Wildman–Crippen LogP) is 2.20. The molecule has 3 saturated heterocycles. The Balaban J connectivity index is 1.54. The van der Waals surface area contributed by atoms with Crippen LogP contribution in [-0.2, 0) is 0 Å². The minimum Gasteiger partial charge on any atom is -0.334 e. The molecule has 3 fully saturated rings. The second kappa shape index (κ2) is 6.12. The van der Waals surface area contributed by atoms with Gasteiger partial charge in [-0.25, -0.2) is 4.79 Å². The first-order valence-electron chi connectivity index (χ1n) is 8.14. The third-order valence-electron chi connectivity index (χ3n) is 5.06. The first-order valence-corrected chi connectivity index (χ1v) is 8.14. The summed E-state index contributed by atoms with van der Waals surface area (Å²) in [5.74, 6) is 0. The highest BCUT2D eigenvalue weighted by atomic mass is 16.2. The minimum atomic E-state index is 0.194. The molecule has 3 rings (SSSR count). The number of urea groups is 1. The van der Waals surface area contributed by atoms with Gasteiger partial charge in [0.2, 0.25) is 0 Å². The number of fused-ring (bicyclic) bond motifs is 1. The van der Waals surface area contributed by atoms with Gasteiger partial charge in [0, 0.05) is 31.7 Å². The Morgan fingerprint density at radius 1 is 0.842 bits per heavy atom. The molecule has 1 N–H and O–H groups in total. The fourth-order valence-corrected chi connectivity index (χ4v) is 3.94. The summed E-state index contributed by atoms with van der Waals surface area (Å²) in [4.78, 5) is 17.0. The molecule has 3 heterocycles. The summed E-state index contributed by atoms with van der Waals surface area (Å²) in [7, 11) is 0. The Bertz CT molecular complexity index is 313. The quantitative estimate of drug-likeness (QED) is 0.789. The van der Waals surface area contributed by atoms with Gasteiger partial charge in [0.05, 0.1) is 0 Å². The molecule has 108 valence electrons. The Morgan fingerprint density at radius 2 is 1.58 bits per heavy atom. The maximum atomic E-state index is 12.4. The number of nitrogens with zero attached hydrogens (tertiary/aromatic N) is 2. The van der Waals surface area contributed by atoms with Gasteiger partial charge in [-0.2, -0.15) is 0 Å². The highest BCUT2D eigenvalue weighted by Gasteiger charge is 2.36. The van der Waals surface area contributed by atoms with Crippen molar-refractivity contribution in [2.45, 2.75) is 63.5 Å². The Labute approximate surface area is 116 Å². The zero-order valence-electron chi connectivity index (χ0n) is 11.9. The minimum absolute atomic E-state index is 0.194. The van der Waals surface area contributed by atoms with Gasteiger partial charge in [0.1, 0.15) is 0 Å². The van der Waals surface area contributed by atoms with Crippen molar-refractivity contribution < 1.29 is 4.79 Å². The van der Waals surface area contributed by atoms with Crippen molar-refractivity contribution in [3.63, 3.8) is 0 Å². The average molecular weight is 265 g/mol. The molecule has 0 aromatic rings. The van der Waals surface area contributed by atoms with Gasteiger partial charge < -0.3 is 10.2 Å². The smallest absolute Gasteiger partial charge is 0.317 e. The lowest BCUT2D eigenvalue weighted by Crippen LogP contribution is -2.51. The van der Waals surface area contributed by atoms with E-state index in [4.69, 9.17) is 0 Å². The number of piperidine rings is 1. The van der Waals surface area contributed by atoms with Gasteiger partial charge in [-0.3, -0.25) is 4.90 Å². The summed E-state index contributed by atoms with van der Waals surface area (Å²) >= 11 is 0. The maximum absolute atomic E-state index is 12.4. The molecule has 0 aliphatic carbocycles. The number of carbonyl (C=O) groups is 1. The summed E-state index contributed by atoms with van der Waals surface area (Å²) in [6.07, 6.45) is 9.99. The van der Waals surface area contributed by atoms with E-state index in [0.29, 0.717) is 12.1 Å². The van der Waals surface area contributed by atoms with Crippen LogP contribution >= 0.6 is 0 Å². The maximum Gasteiger partial charge on any atom is 0.317 e. The Hall–Kier alpha value is -0.770. The van der Waals surface area contributed by atoms with Crippen LogP contribution in [0.2, 0.25) is 0 Å². The molecule has 4 heteroatoms. The number of hydrogen-bond donors (Lipinski definition) is 1. The number of carbonyl (C=O) groups excluding carboxylic acids is 1. The van der Waals surface area contributed by atoms with Crippen molar-refractivity contribution in [1.82, 2.24) is 15.1 Å². The zero-order chi connectivity index (χ0) is 13.1. The van der Waals surface area contributed by atoms with Crippen molar-refractivity contribution in [1.29, 1.82) is 0 Å². The van der Waals surface area contributed by atoms with E-state index in [-0.39, 0.29) is 6.03 Å². The first-order chi connectivity index (χ1) is 9.34. The molecule has 0 aromatic carbocycles. The van der Waals surface area contributed by atoms with Gasteiger partial charge in [-0.1, -0.05) is 19.3 Å². The van der Waals surface area contributed by atoms with Crippen LogP contribution in [0.1, 0.15) is 51.4 Å². The van der Waals surface area contributed by atoms with Crippen LogP contribution in [0, 0.1) is 0 Å². The molecule has 0 saturated carbocycles. The third kappa shape index (κ3) is 3.04. The molecule has 0 aromatic heterocycles. The van der Waals surface area contributed by atoms with E-state index in [2.05, 4.69) is 10.2 Å². The predicted molar refractivity (Wildman–Crippen MR) is 76.2 cm³/mol. The second-order valence-electron chi connectivity index (χ2n) is 6.35. The molecule has 3 aliphatic heterocycles. The third-order valence-corrected chi connectivity index (χ3v) is 5.06. The summed E-state index contributed by atoms with van der Waals surface area (Å²) in [5, 5.41) is 3.32. The first kappa shape index (κ1) is 13.2. The van der Waals surface area contributed by atoms with E-state index in [9.17, 15) is 4.79 Å². The molecular formula is C15H27N3O. The standard InChI is InChI=1S/C15H27N3O/c19-15(18-10-4-1-2-5-11-18)16-13-8-12-17-9-6-3-7-14(13)17/h13-14H,1-12H2,(H,16,19). The van der Waals surface area contributed by atoms with Crippen LogP contribution in [-0.4, -0.2) is 54.1 Å². The number of hydrogen-bond acceptors (Lipinski definition) is 2. The van der Waals surface area contributed by atoms with Crippen LogP contribution in [0.4, 0.5) is 4.79 Å². The van der Waals surface area contributed by atoms with Crippen molar-refractivity contribution in [3.05, 3.63) is 0 Å². The summed E-state index contributed by atoms with van der Waals surface area (Å²) in [6.45, 7) is 4.32. The Morgan fingerprint density at radius 3 is 2.37 bits per heavy atom. The average Bonchev–Trinajstić information content (AvgIpc) is 2.66. The van der Waals surface area contributed by atoms with Crippen LogP contribution in [0.15, 0.2) is 0 Å². The summed E-state index contributed by atoms with van der Waals surface area (Å²) < 4.78 is 0. The molecule has 4 nitrogen and oxygen atoms in total. The number of rotatable bonds is 1. The van der Waals surface area contributed by atoms with Crippen molar-refractivity contribution in [2.24, 2.45) is 0 Å². The summed E-state index contributed by atoms with van der Waals surface area (Å²) in [5.41, 5.74) is 0. The van der Waals surface area contributed by atoms with Crippen LogP contribution in [0.5, 0.6) is 0 Å². The number of likely N-dealkylation sites (tertiary alicyclic amines) is 1. The van der Waals surface area contributed by atoms with E-state index in [1.54, 1.807) is 0 Å². The lowest BCUT2D eigenvalue weighted by atomic mass is 9.99. The van der Waals surface area contributed by atoms with Crippen LogP contribution < -0.4 is 5.32 Å². The fraction of sp³-hybridized carbons (Fsp3) is 0.933. The largest absolute Gasteiger partial charge is 0.334 e. The molecule has 2 unspecified atom stereocenters. The van der Waals surface area contributed by atoms with Gasteiger partial charge in [-0.05, 0) is 38.6 Å². The molecule has 2 atom stereocenters. The molecule has 19 heavy (non-hydrogen) atoms. The van der Waals surface area contributed by atoms with Gasteiger partial charge in [0.25, 0.3) is 0 Å². The number of nitrogens with one attached hydrogen (secondary N) is 1. The van der Waals surface area contributed by atoms with Gasteiger partial charge in [0.15, 0.2) is 0 Å². The van der Waals surface area contributed by atoms with E-state index < -0.39 is 0 Å². The molecule has 3 aliphatic rings. The zero-order valence-corrected chi connectivity index (χ0v) is 11.9. The van der Waals surface area contributed by atoms with Gasteiger partial charge in [-0.15, -0.1) is 0 Å². The second-order valence-corrected chi connectivity index (χ2v) is 6.35. The van der Waals surface area contributed by atoms with Crippen molar-refractivity contribution in [3.8, 4) is 0 Å². The molecule has 0 bridgehead atoms. The molecular weight excluding hydrogens is 238 g/mol. The number of amides is 2. The van der Waals surface area contributed by atoms with Crippen LogP contribution in [0.3, 0.4) is 0 Å². The highest BCUT2D eigenvalue weighted by molar-refractivity contribution is 5.74. The summed E-state index contributed by atoms with van der Waals surface area (Å²) in [6, 6.07) is 1.21. The van der Waals surface area contributed by atoms with Crippen LogP contribution in [0.25, 0.3) is 0 Å². The fourth-order valence-electron chi connectivity index (χ4n) is 3.94. The molecule has 0 radical (unpaired) electrons. The van der Waals surface area contributed by atoms with E-state index in [1.807, 2.05) is 4.90 Å². The van der Waals surface area contributed by atoms with Crippen molar-refractivity contribution in [2.75, 3.05) is 26.2 Å². The normalized spacial score (nSPS) is 32.7. The lowest BCUT2D eigenvalue weighted by molar-refractivity contribution is 0.168. The van der Waals surface area contributed by atoms with E-state index >= 15 is 0 Å².